The Labute approximate surface area is 50.6 Å². The monoisotopic (exact) mass is 108 g/mol. The lowest BCUT2D eigenvalue weighted by Crippen LogP contribution is -2.01. The van der Waals surface area contributed by atoms with Crippen LogP contribution in [-0.2, 0) is 0 Å². The van der Waals surface area contributed by atoms with Gasteiger partial charge in [-0.05, 0) is 31.1 Å². The Hall–Kier alpha value is -0.260. The molecule has 0 nitrogen and oxygen atoms in total. The first-order valence-corrected chi connectivity index (χ1v) is 3.54. The topological polar surface area (TPSA) is 0 Å². The fraction of sp³-hybridized carbons (Fsp3) is 0.750. The summed E-state index contributed by atoms with van der Waals surface area (Å²) in [7, 11) is 0. The maximum Gasteiger partial charge on any atom is -0.0286 e. The van der Waals surface area contributed by atoms with E-state index in [0.717, 1.165) is 11.8 Å². The van der Waals surface area contributed by atoms with Crippen LogP contribution in [0.2, 0.25) is 0 Å². The van der Waals surface area contributed by atoms with Crippen LogP contribution in [0, 0.1) is 11.8 Å². The van der Waals surface area contributed by atoms with Gasteiger partial charge in [0.1, 0.15) is 0 Å². The minimum absolute atomic E-state index is 1.01. The molecule has 2 bridgehead atoms. The van der Waals surface area contributed by atoms with Gasteiger partial charge < -0.3 is 0 Å². The normalized spacial score (nSPS) is 42.9. The van der Waals surface area contributed by atoms with Gasteiger partial charge in [-0.3, -0.25) is 0 Å². The van der Waals surface area contributed by atoms with Crippen LogP contribution in [0.15, 0.2) is 11.6 Å². The number of hydrogen-bond donors (Lipinski definition) is 0. The van der Waals surface area contributed by atoms with Crippen molar-refractivity contribution in [2.75, 3.05) is 0 Å². The molecule has 2 rings (SSSR count). The second kappa shape index (κ2) is 1.37. The first-order chi connectivity index (χ1) is 3.86. The summed E-state index contributed by atoms with van der Waals surface area (Å²) in [4.78, 5) is 0. The average Bonchev–Trinajstić information content (AvgIpc) is 2.23. The van der Waals surface area contributed by atoms with E-state index in [1.807, 2.05) is 0 Å². The van der Waals surface area contributed by atoms with E-state index in [1.54, 1.807) is 5.57 Å². The van der Waals surface area contributed by atoms with Crippen LogP contribution >= 0.6 is 0 Å². The maximum absolute atomic E-state index is 2.44. The highest BCUT2D eigenvalue weighted by Crippen LogP contribution is 2.43. The molecule has 0 aliphatic heterocycles. The van der Waals surface area contributed by atoms with Crippen molar-refractivity contribution in [2.45, 2.75) is 26.2 Å². The third-order valence-electron chi connectivity index (χ3n) is 2.62. The molecule has 2 atom stereocenters. The van der Waals surface area contributed by atoms with Crippen molar-refractivity contribution in [2.24, 2.45) is 11.8 Å². The van der Waals surface area contributed by atoms with Crippen LogP contribution in [-0.4, -0.2) is 0 Å². The molecule has 0 N–H and O–H groups in total. The average molecular weight is 108 g/mol. The summed E-state index contributed by atoms with van der Waals surface area (Å²) >= 11 is 0. The Bertz CT molecular complexity index is 133. The predicted octanol–water partition coefficient (Wildman–Crippen LogP) is 2.36. The Balaban J connectivity index is 2.25. The Morgan fingerprint density at radius 1 is 1.50 bits per heavy atom. The molecule has 2 aliphatic rings. The van der Waals surface area contributed by atoms with Gasteiger partial charge in [-0.2, -0.15) is 0 Å². The minimum atomic E-state index is 1.01. The van der Waals surface area contributed by atoms with Crippen LogP contribution in [0.5, 0.6) is 0 Å². The standard InChI is InChI=1S/C8H12/c1-6-4-7-2-3-8(6)5-7/h2,6,8H,3-5H2,1H3. The lowest BCUT2D eigenvalue weighted by molar-refractivity contribution is 0.424. The summed E-state index contributed by atoms with van der Waals surface area (Å²) in [5.74, 6) is 2.06. The first kappa shape index (κ1) is 4.60. The van der Waals surface area contributed by atoms with Crippen LogP contribution in [0.4, 0.5) is 0 Å². The zero-order valence-corrected chi connectivity index (χ0v) is 5.35. The van der Waals surface area contributed by atoms with E-state index >= 15 is 0 Å². The molecule has 0 saturated heterocycles. The molecule has 0 heteroatoms. The Kier molecular flexibility index (Phi) is 0.787. The van der Waals surface area contributed by atoms with Gasteiger partial charge in [0.2, 0.25) is 0 Å². The molecule has 0 amide bonds. The molecular formula is C8H12. The Morgan fingerprint density at radius 3 is 2.62 bits per heavy atom. The van der Waals surface area contributed by atoms with Crippen molar-refractivity contribution in [3.63, 3.8) is 0 Å². The van der Waals surface area contributed by atoms with Crippen molar-refractivity contribution in [3.05, 3.63) is 11.6 Å². The lowest BCUT2D eigenvalue weighted by atomic mass is 9.94. The second-order valence-electron chi connectivity index (χ2n) is 3.24. The van der Waals surface area contributed by atoms with E-state index in [4.69, 9.17) is 0 Å². The van der Waals surface area contributed by atoms with Gasteiger partial charge in [-0.15, -0.1) is 0 Å². The second-order valence-corrected chi connectivity index (χ2v) is 3.24. The van der Waals surface area contributed by atoms with E-state index in [-0.39, 0.29) is 0 Å². The van der Waals surface area contributed by atoms with Crippen molar-refractivity contribution >= 4 is 0 Å². The predicted molar refractivity (Wildman–Crippen MR) is 34.6 cm³/mol. The van der Waals surface area contributed by atoms with Gasteiger partial charge in [0, 0.05) is 0 Å². The van der Waals surface area contributed by atoms with E-state index in [1.165, 1.54) is 19.3 Å². The highest BCUT2D eigenvalue weighted by molar-refractivity contribution is 5.17. The zero-order chi connectivity index (χ0) is 5.56. The molecule has 44 valence electrons. The number of fused-ring (bicyclic) bond motifs is 2. The highest BCUT2D eigenvalue weighted by atomic mass is 14.3. The molecule has 2 unspecified atom stereocenters. The number of rotatable bonds is 0. The SMILES string of the molecule is CC1CC2=CCC1C2. The molecule has 0 aromatic rings. The Morgan fingerprint density at radius 2 is 2.38 bits per heavy atom. The zero-order valence-electron chi connectivity index (χ0n) is 5.35. The maximum atomic E-state index is 2.44. The summed E-state index contributed by atoms with van der Waals surface area (Å²) in [6, 6.07) is 0. The fourth-order valence-corrected chi connectivity index (χ4v) is 2.00. The molecule has 0 aromatic carbocycles. The van der Waals surface area contributed by atoms with Gasteiger partial charge in [-0.25, -0.2) is 0 Å². The van der Waals surface area contributed by atoms with Gasteiger partial charge in [0.25, 0.3) is 0 Å². The van der Waals surface area contributed by atoms with Crippen LogP contribution in [0.25, 0.3) is 0 Å². The molecule has 0 spiro atoms. The largest absolute Gasteiger partial charge is 0.0850 e. The van der Waals surface area contributed by atoms with Crippen LogP contribution in [0.3, 0.4) is 0 Å². The molecule has 1 saturated carbocycles. The fourth-order valence-electron chi connectivity index (χ4n) is 2.00. The van der Waals surface area contributed by atoms with E-state index < -0.39 is 0 Å². The van der Waals surface area contributed by atoms with Gasteiger partial charge >= 0.3 is 0 Å². The van der Waals surface area contributed by atoms with E-state index in [9.17, 15) is 0 Å². The summed E-state index contributed by atoms with van der Waals surface area (Å²) < 4.78 is 0. The summed E-state index contributed by atoms with van der Waals surface area (Å²) in [5.41, 5.74) is 1.74. The van der Waals surface area contributed by atoms with Gasteiger partial charge in [0.15, 0.2) is 0 Å². The van der Waals surface area contributed by atoms with Crippen molar-refractivity contribution < 1.29 is 0 Å². The third-order valence-corrected chi connectivity index (χ3v) is 2.62. The van der Waals surface area contributed by atoms with E-state index in [0.29, 0.717) is 0 Å². The summed E-state index contributed by atoms with van der Waals surface area (Å²) in [5, 5.41) is 0. The first-order valence-electron chi connectivity index (χ1n) is 3.54. The highest BCUT2D eigenvalue weighted by Gasteiger charge is 2.30. The quantitative estimate of drug-likeness (QED) is 0.418. The van der Waals surface area contributed by atoms with Gasteiger partial charge in [-0.1, -0.05) is 18.6 Å². The van der Waals surface area contributed by atoms with Gasteiger partial charge in [0.05, 0.1) is 0 Å². The van der Waals surface area contributed by atoms with Crippen molar-refractivity contribution in [1.82, 2.24) is 0 Å². The third kappa shape index (κ3) is 0.460. The van der Waals surface area contributed by atoms with Crippen LogP contribution < -0.4 is 0 Å². The van der Waals surface area contributed by atoms with Crippen molar-refractivity contribution in [1.29, 1.82) is 0 Å². The van der Waals surface area contributed by atoms with E-state index in [2.05, 4.69) is 13.0 Å². The molecule has 1 fully saturated rings. The summed E-state index contributed by atoms with van der Waals surface area (Å²) in [6.45, 7) is 2.38. The minimum Gasteiger partial charge on any atom is -0.0850 e. The summed E-state index contributed by atoms with van der Waals surface area (Å²) in [6.07, 6.45) is 6.66. The van der Waals surface area contributed by atoms with Crippen molar-refractivity contribution in [3.8, 4) is 0 Å². The lowest BCUT2D eigenvalue weighted by Gasteiger charge is -2.11. The molecule has 0 aromatic heterocycles. The smallest absolute Gasteiger partial charge is 0.0286 e. The number of allylic oxidation sites excluding steroid dienone is 2. The molecule has 8 heavy (non-hydrogen) atoms. The molecule has 0 heterocycles. The molecule has 2 aliphatic carbocycles. The number of hydrogen-bond acceptors (Lipinski definition) is 0. The molecule has 0 radical (unpaired) electrons. The molecular weight excluding hydrogens is 96.1 g/mol. The van der Waals surface area contributed by atoms with Crippen LogP contribution in [0.1, 0.15) is 26.2 Å².